The second kappa shape index (κ2) is 7.26. The molecule has 0 saturated carbocycles. The third-order valence-corrected chi connectivity index (χ3v) is 4.40. The Morgan fingerprint density at radius 3 is 2.59 bits per heavy atom. The predicted molar refractivity (Wildman–Crippen MR) is 102 cm³/mol. The number of hydrogen-bond acceptors (Lipinski definition) is 5. The van der Waals surface area contributed by atoms with Crippen LogP contribution < -0.4 is 5.32 Å². The van der Waals surface area contributed by atoms with Gasteiger partial charge >= 0.3 is 5.97 Å². The van der Waals surface area contributed by atoms with E-state index in [2.05, 4.69) is 10.4 Å². The van der Waals surface area contributed by atoms with Gasteiger partial charge in [-0.15, -0.1) is 5.10 Å². The first kappa shape index (κ1) is 18.7. The van der Waals surface area contributed by atoms with Gasteiger partial charge in [0.05, 0.1) is 23.2 Å². The Bertz CT molecular complexity index is 1010. The van der Waals surface area contributed by atoms with Crippen molar-refractivity contribution in [1.82, 2.24) is 9.78 Å². The molecule has 2 heterocycles. The van der Waals surface area contributed by atoms with Gasteiger partial charge in [0.1, 0.15) is 0 Å². The first-order valence-corrected chi connectivity index (χ1v) is 8.90. The summed E-state index contributed by atoms with van der Waals surface area (Å²) >= 11 is 0. The quantitative estimate of drug-likeness (QED) is 0.679. The molecule has 3 rings (SSSR count). The van der Waals surface area contributed by atoms with Crippen LogP contribution in [0.25, 0.3) is 11.1 Å². The van der Waals surface area contributed by atoms with E-state index in [4.69, 9.17) is 9.15 Å². The lowest BCUT2D eigenvalue weighted by atomic mass is 10.1. The van der Waals surface area contributed by atoms with Gasteiger partial charge in [-0.2, -0.15) is 0 Å². The number of esters is 1. The number of nitrogens with one attached hydrogen (secondary N) is 1. The maximum absolute atomic E-state index is 12.8. The van der Waals surface area contributed by atoms with Crippen molar-refractivity contribution < 1.29 is 18.7 Å². The highest BCUT2D eigenvalue weighted by Crippen LogP contribution is 2.30. The number of ether oxygens (including phenoxy) is 1. The molecule has 0 bridgehead atoms. The fourth-order valence-corrected chi connectivity index (χ4v) is 3.16. The summed E-state index contributed by atoms with van der Waals surface area (Å²) in [5.74, 6) is -0.735. The van der Waals surface area contributed by atoms with Gasteiger partial charge in [-0.05, 0) is 46.8 Å². The average Bonchev–Trinajstić information content (AvgIpc) is 3.13. The highest BCUT2D eigenvalue weighted by molar-refractivity contribution is 6.09. The number of aromatic nitrogens is 2. The summed E-state index contributed by atoms with van der Waals surface area (Å²) < 4.78 is 12.6. The molecule has 0 aliphatic rings. The van der Waals surface area contributed by atoms with Crippen molar-refractivity contribution >= 4 is 28.7 Å². The van der Waals surface area contributed by atoms with Crippen LogP contribution in [0.2, 0.25) is 0 Å². The highest BCUT2D eigenvalue weighted by Gasteiger charge is 2.24. The van der Waals surface area contributed by atoms with Gasteiger partial charge in [0, 0.05) is 17.3 Å². The molecule has 7 nitrogen and oxygen atoms in total. The van der Waals surface area contributed by atoms with Crippen LogP contribution in [0.4, 0.5) is 5.69 Å². The molecule has 2 aromatic heterocycles. The molecule has 7 heteroatoms. The number of nitrogens with zero attached hydrogens (tertiary/aromatic N) is 2. The van der Waals surface area contributed by atoms with E-state index >= 15 is 0 Å². The summed E-state index contributed by atoms with van der Waals surface area (Å²) in [6.07, 6.45) is 0. The van der Waals surface area contributed by atoms with Crippen LogP contribution in [0, 0.1) is 13.8 Å². The number of benzene rings is 1. The van der Waals surface area contributed by atoms with Gasteiger partial charge in [0.25, 0.3) is 5.91 Å². The van der Waals surface area contributed by atoms with Crippen LogP contribution in [0.15, 0.2) is 28.7 Å². The normalized spacial score (nSPS) is 11.2. The highest BCUT2D eigenvalue weighted by atomic mass is 16.5. The second-order valence-electron chi connectivity index (χ2n) is 6.58. The number of para-hydroxylation sites is 1. The molecule has 27 heavy (non-hydrogen) atoms. The topological polar surface area (TPSA) is 86.4 Å². The van der Waals surface area contributed by atoms with Gasteiger partial charge in [0.2, 0.25) is 5.71 Å². The molecule has 0 spiro atoms. The maximum Gasteiger partial charge on any atom is 0.340 e. The third-order valence-electron chi connectivity index (χ3n) is 4.40. The average molecular weight is 369 g/mol. The predicted octanol–water partition coefficient (Wildman–Crippen LogP) is 4.26. The molecule has 0 saturated heterocycles. The van der Waals surface area contributed by atoms with Crippen LogP contribution in [0.5, 0.6) is 0 Å². The van der Waals surface area contributed by atoms with Gasteiger partial charge in [-0.25, -0.2) is 4.79 Å². The largest absolute Gasteiger partial charge is 0.462 e. The Labute approximate surface area is 157 Å². The van der Waals surface area contributed by atoms with E-state index in [1.807, 2.05) is 32.4 Å². The number of carbonyl (C=O) groups is 2. The number of anilines is 1. The van der Waals surface area contributed by atoms with Crippen LogP contribution in [-0.2, 0) is 4.74 Å². The van der Waals surface area contributed by atoms with Crippen molar-refractivity contribution in [1.29, 1.82) is 0 Å². The molecule has 0 unspecified atom stereocenters. The van der Waals surface area contributed by atoms with Gasteiger partial charge in [-0.1, -0.05) is 12.1 Å². The van der Waals surface area contributed by atoms with Crippen molar-refractivity contribution in [3.63, 3.8) is 0 Å². The molecule has 1 aromatic carbocycles. The van der Waals surface area contributed by atoms with Crippen molar-refractivity contribution in [2.75, 3.05) is 11.9 Å². The van der Waals surface area contributed by atoms with Gasteiger partial charge < -0.3 is 14.5 Å². The van der Waals surface area contributed by atoms with E-state index in [-0.39, 0.29) is 18.4 Å². The Kier molecular flexibility index (Phi) is 5.03. The summed E-state index contributed by atoms with van der Waals surface area (Å²) in [5.41, 5.74) is 2.77. The zero-order valence-electron chi connectivity index (χ0n) is 16.1. The molecule has 3 aromatic rings. The van der Waals surface area contributed by atoms with Crippen molar-refractivity contribution in [2.45, 2.75) is 40.7 Å². The number of amides is 1. The minimum Gasteiger partial charge on any atom is -0.462 e. The van der Waals surface area contributed by atoms with E-state index in [1.165, 1.54) is 0 Å². The van der Waals surface area contributed by atoms with E-state index < -0.39 is 11.9 Å². The lowest BCUT2D eigenvalue weighted by Crippen LogP contribution is -2.16. The smallest absolute Gasteiger partial charge is 0.340 e. The Morgan fingerprint density at radius 2 is 1.96 bits per heavy atom. The lowest BCUT2D eigenvalue weighted by Gasteiger charge is -2.10. The van der Waals surface area contributed by atoms with E-state index in [0.29, 0.717) is 17.0 Å². The fraction of sp³-hybridized carbons (Fsp3) is 0.350. The van der Waals surface area contributed by atoms with E-state index in [1.54, 1.807) is 31.2 Å². The van der Waals surface area contributed by atoms with Gasteiger partial charge in [0.15, 0.2) is 5.76 Å². The zero-order valence-corrected chi connectivity index (χ0v) is 16.1. The van der Waals surface area contributed by atoms with Gasteiger partial charge in [-0.3, -0.25) is 9.48 Å². The minimum atomic E-state index is -0.487. The van der Waals surface area contributed by atoms with Crippen molar-refractivity contribution in [3.05, 3.63) is 46.8 Å². The Morgan fingerprint density at radius 1 is 1.26 bits per heavy atom. The van der Waals surface area contributed by atoms with Crippen molar-refractivity contribution in [2.24, 2.45) is 0 Å². The van der Waals surface area contributed by atoms with Crippen molar-refractivity contribution in [3.8, 4) is 0 Å². The molecule has 0 radical (unpaired) electrons. The minimum absolute atomic E-state index is 0.185. The first-order valence-electron chi connectivity index (χ1n) is 8.90. The number of furan rings is 1. The molecule has 0 aliphatic heterocycles. The second-order valence-corrected chi connectivity index (χ2v) is 6.58. The number of aryl methyl sites for hydroxylation is 2. The molecule has 142 valence electrons. The Hall–Kier alpha value is -3.09. The molecular formula is C20H23N3O4. The number of fused-ring (bicyclic) bond motifs is 1. The number of rotatable bonds is 5. The van der Waals surface area contributed by atoms with Crippen LogP contribution >= 0.6 is 0 Å². The maximum atomic E-state index is 12.8. The molecule has 0 aliphatic carbocycles. The summed E-state index contributed by atoms with van der Waals surface area (Å²) in [6, 6.07) is 6.91. The SMILES string of the molecule is CCOC(=O)c1ccccc1NC(=O)c1oc2nn(C(C)C)c(C)c2c1C. The number of carbonyl (C=O) groups excluding carboxylic acids is 2. The van der Waals surface area contributed by atoms with Crippen LogP contribution in [0.1, 0.15) is 59.0 Å². The molecule has 0 fully saturated rings. The summed E-state index contributed by atoms with van der Waals surface area (Å²) in [7, 11) is 0. The molecule has 0 atom stereocenters. The zero-order chi connectivity index (χ0) is 19.7. The van der Waals surface area contributed by atoms with Crippen LogP contribution in [0.3, 0.4) is 0 Å². The van der Waals surface area contributed by atoms with Crippen LogP contribution in [-0.4, -0.2) is 28.3 Å². The standard InChI is InChI=1S/C20H23N3O4/c1-6-26-20(25)14-9-7-8-10-15(14)21-18(24)17-12(4)16-13(5)23(11(2)3)22-19(16)27-17/h7-11H,6H2,1-5H3,(H,21,24). The summed E-state index contributed by atoms with van der Waals surface area (Å²) in [4.78, 5) is 24.9. The van der Waals surface area contributed by atoms with E-state index in [0.717, 1.165) is 16.6 Å². The molecule has 1 amide bonds. The Balaban J connectivity index is 1.94. The lowest BCUT2D eigenvalue weighted by molar-refractivity contribution is 0.0527. The fourth-order valence-electron chi connectivity index (χ4n) is 3.16. The third kappa shape index (κ3) is 3.32. The number of hydrogen-bond donors (Lipinski definition) is 1. The molecular weight excluding hydrogens is 346 g/mol. The molecule has 1 N–H and O–H groups in total. The summed E-state index contributed by atoms with van der Waals surface area (Å²) in [5, 5.41) is 8.04. The first-order chi connectivity index (χ1) is 12.8. The van der Waals surface area contributed by atoms with E-state index in [9.17, 15) is 9.59 Å². The summed E-state index contributed by atoms with van der Waals surface area (Å²) in [6.45, 7) is 9.85. The monoisotopic (exact) mass is 369 g/mol.